The quantitative estimate of drug-likeness (QED) is 0.578. The van der Waals surface area contributed by atoms with Crippen LogP contribution in [0, 0.1) is 17.5 Å². The summed E-state index contributed by atoms with van der Waals surface area (Å²) in [5.74, 6) is -5.09. The first-order valence-corrected chi connectivity index (χ1v) is 4.19. The summed E-state index contributed by atoms with van der Waals surface area (Å²) in [5.41, 5.74) is -0.787. The predicted molar refractivity (Wildman–Crippen MR) is 45.4 cm³/mol. The van der Waals surface area contributed by atoms with Crippen LogP contribution in [0.2, 0.25) is 0 Å². The molecule has 6 heteroatoms. The van der Waals surface area contributed by atoms with Crippen molar-refractivity contribution in [3.05, 3.63) is 33.6 Å². The molecule has 0 fully saturated rings. The summed E-state index contributed by atoms with van der Waals surface area (Å²) >= 11 is 2.62. The van der Waals surface area contributed by atoms with E-state index < -0.39 is 33.5 Å². The Labute approximate surface area is 85.8 Å². The van der Waals surface area contributed by atoms with E-state index in [1.807, 2.05) is 0 Å². The van der Waals surface area contributed by atoms with Crippen molar-refractivity contribution in [3.8, 4) is 0 Å². The molecule has 1 rings (SSSR count). The largest absolute Gasteiger partial charge is 0.465 e. The van der Waals surface area contributed by atoms with E-state index in [-0.39, 0.29) is 0 Å². The molecule has 0 heterocycles. The predicted octanol–water partition coefficient (Wildman–Crippen LogP) is 2.65. The van der Waals surface area contributed by atoms with Gasteiger partial charge in [-0.1, -0.05) is 0 Å². The number of hydrogen-bond donors (Lipinski definition) is 0. The third-order valence-corrected chi connectivity index (χ3v) is 2.28. The van der Waals surface area contributed by atoms with Crippen LogP contribution in [0.25, 0.3) is 0 Å². The lowest BCUT2D eigenvalue weighted by Crippen LogP contribution is -2.08. The molecule has 0 N–H and O–H groups in total. The van der Waals surface area contributed by atoms with Crippen LogP contribution in [-0.4, -0.2) is 13.1 Å². The summed E-state index contributed by atoms with van der Waals surface area (Å²) in [6, 6.07) is 0.339. The second kappa shape index (κ2) is 4.00. The molecular weight excluding hydrogens is 265 g/mol. The third-order valence-electron chi connectivity index (χ3n) is 1.50. The molecule has 0 saturated carbocycles. The van der Waals surface area contributed by atoms with Gasteiger partial charge in [-0.3, -0.25) is 0 Å². The van der Waals surface area contributed by atoms with E-state index in [1.54, 1.807) is 0 Å². The Morgan fingerprint density at radius 3 is 2.43 bits per heavy atom. The summed E-state index contributed by atoms with van der Waals surface area (Å²) in [4.78, 5) is 10.9. The van der Waals surface area contributed by atoms with E-state index in [0.29, 0.717) is 6.07 Å². The maximum atomic E-state index is 13.0. The van der Waals surface area contributed by atoms with Gasteiger partial charge in [0.25, 0.3) is 0 Å². The van der Waals surface area contributed by atoms with Crippen molar-refractivity contribution < 1.29 is 22.7 Å². The number of hydrogen-bond acceptors (Lipinski definition) is 2. The van der Waals surface area contributed by atoms with E-state index in [9.17, 15) is 18.0 Å². The number of ether oxygens (including phenoxy) is 1. The number of esters is 1. The molecule has 0 bridgehead atoms. The van der Waals surface area contributed by atoms with E-state index in [1.165, 1.54) is 0 Å². The molecule has 0 aliphatic carbocycles. The highest BCUT2D eigenvalue weighted by Gasteiger charge is 2.23. The van der Waals surface area contributed by atoms with Gasteiger partial charge in [0.15, 0.2) is 11.6 Å². The number of methoxy groups -OCH3 is 1. The van der Waals surface area contributed by atoms with Crippen molar-refractivity contribution in [2.75, 3.05) is 7.11 Å². The number of benzene rings is 1. The molecule has 1 aromatic rings. The van der Waals surface area contributed by atoms with Crippen molar-refractivity contribution in [1.29, 1.82) is 0 Å². The number of carbonyl (C=O) groups is 1. The second-order valence-electron chi connectivity index (χ2n) is 2.33. The zero-order valence-electron chi connectivity index (χ0n) is 6.91. The minimum absolute atomic E-state index is 0.339. The maximum Gasteiger partial charge on any atom is 0.342 e. The maximum absolute atomic E-state index is 13.0. The van der Waals surface area contributed by atoms with Crippen LogP contribution in [0.4, 0.5) is 13.2 Å². The lowest BCUT2D eigenvalue weighted by Gasteiger charge is -2.05. The van der Waals surface area contributed by atoms with Crippen molar-refractivity contribution in [2.45, 2.75) is 0 Å². The Balaban J connectivity index is 3.47. The molecule has 0 amide bonds. The molecule has 0 saturated heterocycles. The molecular formula is C8H4BrF3O2. The van der Waals surface area contributed by atoms with E-state index in [2.05, 4.69) is 20.7 Å². The first-order chi connectivity index (χ1) is 6.49. The van der Waals surface area contributed by atoms with Crippen molar-refractivity contribution in [3.63, 3.8) is 0 Å². The Bertz CT molecular complexity index is 366. The Morgan fingerprint density at radius 2 is 1.93 bits per heavy atom. The molecule has 0 atom stereocenters. The fraction of sp³-hybridized carbons (Fsp3) is 0.125. The van der Waals surface area contributed by atoms with Gasteiger partial charge >= 0.3 is 5.97 Å². The van der Waals surface area contributed by atoms with Gasteiger partial charge in [0.05, 0.1) is 11.6 Å². The molecule has 0 aliphatic heterocycles. The summed E-state index contributed by atoms with van der Waals surface area (Å²) in [5, 5.41) is 0. The van der Waals surface area contributed by atoms with Gasteiger partial charge in [0, 0.05) is 6.07 Å². The average Bonchev–Trinajstić information content (AvgIpc) is 2.15. The summed E-state index contributed by atoms with van der Waals surface area (Å²) in [6.45, 7) is 0. The van der Waals surface area contributed by atoms with Crippen LogP contribution in [0.5, 0.6) is 0 Å². The van der Waals surface area contributed by atoms with E-state index in [0.717, 1.165) is 7.11 Å². The lowest BCUT2D eigenvalue weighted by atomic mass is 10.2. The van der Waals surface area contributed by atoms with E-state index >= 15 is 0 Å². The van der Waals surface area contributed by atoms with Gasteiger partial charge in [-0.05, 0) is 15.9 Å². The molecule has 76 valence electrons. The standard InChI is InChI=1S/C8H4BrF3O2/c1-14-8(13)5-6(9)3(10)2-4(11)7(5)12/h2H,1H3. The molecule has 1 aromatic carbocycles. The average molecular weight is 269 g/mol. The Hall–Kier alpha value is -1.04. The number of halogens is 4. The van der Waals surface area contributed by atoms with Crippen LogP contribution in [0.1, 0.15) is 10.4 Å². The topological polar surface area (TPSA) is 26.3 Å². The summed E-state index contributed by atoms with van der Waals surface area (Å²) < 4.78 is 42.2. The van der Waals surface area contributed by atoms with Gasteiger partial charge in [-0.15, -0.1) is 0 Å². The highest BCUT2D eigenvalue weighted by Crippen LogP contribution is 2.26. The van der Waals surface area contributed by atoms with Gasteiger partial charge < -0.3 is 4.74 Å². The first-order valence-electron chi connectivity index (χ1n) is 3.40. The van der Waals surface area contributed by atoms with Crippen molar-refractivity contribution in [1.82, 2.24) is 0 Å². The van der Waals surface area contributed by atoms with Crippen LogP contribution < -0.4 is 0 Å². The lowest BCUT2D eigenvalue weighted by molar-refractivity contribution is 0.0592. The zero-order valence-corrected chi connectivity index (χ0v) is 8.49. The van der Waals surface area contributed by atoms with Crippen LogP contribution in [-0.2, 0) is 4.74 Å². The first kappa shape index (κ1) is 11.0. The smallest absolute Gasteiger partial charge is 0.342 e. The van der Waals surface area contributed by atoms with Crippen LogP contribution in [0.15, 0.2) is 10.5 Å². The van der Waals surface area contributed by atoms with Crippen molar-refractivity contribution >= 4 is 21.9 Å². The Morgan fingerprint density at radius 1 is 1.36 bits per heavy atom. The molecule has 0 aromatic heterocycles. The molecule has 0 spiro atoms. The van der Waals surface area contributed by atoms with Gasteiger partial charge in [0.1, 0.15) is 11.4 Å². The zero-order chi connectivity index (χ0) is 10.9. The molecule has 14 heavy (non-hydrogen) atoms. The van der Waals surface area contributed by atoms with Crippen LogP contribution >= 0.6 is 15.9 Å². The molecule has 0 radical (unpaired) electrons. The van der Waals surface area contributed by atoms with Gasteiger partial charge in [-0.25, -0.2) is 18.0 Å². The summed E-state index contributed by atoms with van der Waals surface area (Å²) in [6.07, 6.45) is 0. The third kappa shape index (κ3) is 1.75. The fourth-order valence-corrected chi connectivity index (χ4v) is 1.30. The highest BCUT2D eigenvalue weighted by molar-refractivity contribution is 9.10. The number of rotatable bonds is 1. The highest BCUT2D eigenvalue weighted by atomic mass is 79.9. The fourth-order valence-electron chi connectivity index (χ4n) is 0.854. The molecule has 0 unspecified atom stereocenters. The van der Waals surface area contributed by atoms with E-state index in [4.69, 9.17) is 0 Å². The molecule has 2 nitrogen and oxygen atoms in total. The number of carbonyl (C=O) groups excluding carboxylic acids is 1. The second-order valence-corrected chi connectivity index (χ2v) is 3.13. The van der Waals surface area contributed by atoms with Gasteiger partial charge in [0.2, 0.25) is 0 Å². The normalized spacial score (nSPS) is 10.1. The minimum atomic E-state index is -1.44. The van der Waals surface area contributed by atoms with Gasteiger partial charge in [-0.2, -0.15) is 0 Å². The molecule has 0 aliphatic rings. The minimum Gasteiger partial charge on any atom is -0.465 e. The Kier molecular flexibility index (Phi) is 3.15. The van der Waals surface area contributed by atoms with Crippen molar-refractivity contribution in [2.24, 2.45) is 0 Å². The SMILES string of the molecule is COC(=O)c1c(F)c(F)cc(F)c1Br. The summed E-state index contributed by atoms with van der Waals surface area (Å²) in [7, 11) is 0.983. The monoisotopic (exact) mass is 268 g/mol. The van der Waals surface area contributed by atoms with Crippen LogP contribution in [0.3, 0.4) is 0 Å².